The normalized spacial score (nSPS) is 18.9. The van der Waals surface area contributed by atoms with Gasteiger partial charge in [0.2, 0.25) is 0 Å². The summed E-state index contributed by atoms with van der Waals surface area (Å²) in [4.78, 5) is 0. The van der Waals surface area contributed by atoms with Crippen LogP contribution < -0.4 is 0 Å². The number of fused-ring (bicyclic) bond motifs is 1. The van der Waals surface area contributed by atoms with Gasteiger partial charge in [-0.15, -0.1) is 5.10 Å². The summed E-state index contributed by atoms with van der Waals surface area (Å²) in [5.74, 6) is 1.20. The van der Waals surface area contributed by atoms with Gasteiger partial charge in [-0.25, -0.2) is 0 Å². The molecule has 3 heteroatoms. The first kappa shape index (κ1) is 10.7. The first-order chi connectivity index (χ1) is 6.77. The van der Waals surface area contributed by atoms with E-state index in [-0.39, 0.29) is 0 Å². The number of allylic oxidation sites excluding steroid dienone is 3. The van der Waals surface area contributed by atoms with Crippen molar-refractivity contribution in [3.05, 3.63) is 23.6 Å². The third-order valence-electron chi connectivity index (χ3n) is 1.95. The van der Waals surface area contributed by atoms with Gasteiger partial charge >= 0.3 is 0 Å². The Morgan fingerprint density at radius 3 is 2.79 bits per heavy atom. The molecule has 0 fully saturated rings. The molecule has 3 nitrogen and oxygen atoms in total. The molecule has 0 N–H and O–H groups in total. The van der Waals surface area contributed by atoms with Crippen LogP contribution in [-0.4, -0.2) is 10.4 Å². The Kier molecular flexibility index (Phi) is 3.63. The highest BCUT2D eigenvalue weighted by molar-refractivity contribution is 5.69. The molecule has 0 saturated heterocycles. The lowest BCUT2D eigenvalue weighted by atomic mass is 10.1. The summed E-state index contributed by atoms with van der Waals surface area (Å²) in [5, 5.41) is 7.40. The highest BCUT2D eigenvalue weighted by atomic mass is 16.5. The van der Waals surface area contributed by atoms with Crippen LogP contribution >= 0.6 is 0 Å². The smallest absolute Gasteiger partial charge is 0.187 e. The maximum atomic E-state index is 4.97. The van der Waals surface area contributed by atoms with Gasteiger partial charge in [-0.1, -0.05) is 32.9 Å². The maximum Gasteiger partial charge on any atom is 0.187 e. The van der Waals surface area contributed by atoms with Crippen molar-refractivity contribution in [3.8, 4) is 0 Å². The predicted octanol–water partition coefficient (Wildman–Crippen LogP) is 3.16. The fraction of sp³-hybridized carbons (Fsp3) is 0.455. The van der Waals surface area contributed by atoms with Crippen molar-refractivity contribution in [3.63, 3.8) is 0 Å². The number of rotatable bonds is 0. The van der Waals surface area contributed by atoms with Crippen LogP contribution in [0.1, 0.15) is 39.1 Å². The molecule has 0 aliphatic heterocycles. The quantitative estimate of drug-likeness (QED) is 0.633. The van der Waals surface area contributed by atoms with E-state index in [1.54, 1.807) is 0 Å². The summed E-state index contributed by atoms with van der Waals surface area (Å²) in [6.45, 7) is 8.14. The van der Waals surface area contributed by atoms with Crippen molar-refractivity contribution in [2.24, 2.45) is 5.92 Å². The Morgan fingerprint density at radius 1 is 1.36 bits per heavy atom. The second kappa shape index (κ2) is 4.74. The third kappa shape index (κ3) is 2.10. The Morgan fingerprint density at radius 2 is 2.07 bits per heavy atom. The number of hydrogen-bond donors (Lipinski definition) is 0. The highest BCUT2D eigenvalue weighted by Gasteiger charge is 2.12. The van der Waals surface area contributed by atoms with E-state index in [1.165, 1.54) is 0 Å². The van der Waals surface area contributed by atoms with Gasteiger partial charge in [-0.2, -0.15) is 0 Å². The van der Waals surface area contributed by atoms with E-state index in [0.29, 0.717) is 5.92 Å². The van der Waals surface area contributed by atoms with Crippen molar-refractivity contribution in [2.75, 3.05) is 0 Å². The van der Waals surface area contributed by atoms with E-state index in [4.69, 9.17) is 4.52 Å². The van der Waals surface area contributed by atoms with Gasteiger partial charge in [0.25, 0.3) is 0 Å². The molecule has 1 aromatic rings. The molecule has 0 spiro atoms. The fourth-order valence-electron chi connectivity index (χ4n) is 1.35. The molecule has 2 rings (SSSR count). The molecule has 0 radical (unpaired) electrons. The Labute approximate surface area is 84.5 Å². The summed E-state index contributed by atoms with van der Waals surface area (Å²) >= 11 is 0. The van der Waals surface area contributed by atoms with E-state index in [9.17, 15) is 0 Å². The van der Waals surface area contributed by atoms with Gasteiger partial charge in [-0.3, -0.25) is 0 Å². The summed E-state index contributed by atoms with van der Waals surface area (Å²) in [6.07, 6.45) is 6.14. The summed E-state index contributed by atoms with van der Waals surface area (Å²) < 4.78 is 4.97. The first-order valence-corrected chi connectivity index (χ1v) is 4.97. The van der Waals surface area contributed by atoms with Gasteiger partial charge in [0, 0.05) is 5.27 Å². The Bertz CT molecular complexity index is 350. The summed E-state index contributed by atoms with van der Waals surface area (Å²) in [6, 6.07) is 0. The molecule has 76 valence electrons. The zero-order valence-corrected chi connectivity index (χ0v) is 9.11. The number of aromatic nitrogens is 2. The predicted molar refractivity (Wildman–Crippen MR) is 57.5 cm³/mol. The molecular formula is C11H16N2O. The van der Waals surface area contributed by atoms with Gasteiger partial charge in [0.05, 0.1) is 0 Å². The fourth-order valence-corrected chi connectivity index (χ4v) is 1.35. The van der Waals surface area contributed by atoms with Crippen molar-refractivity contribution < 1.29 is 4.52 Å². The van der Waals surface area contributed by atoms with Crippen LogP contribution in [0.15, 0.2) is 16.7 Å². The van der Waals surface area contributed by atoms with Crippen LogP contribution in [-0.2, 0) is 0 Å². The Hall–Kier alpha value is -1.38. The van der Waals surface area contributed by atoms with E-state index in [2.05, 4.69) is 29.4 Å². The van der Waals surface area contributed by atoms with Crippen molar-refractivity contribution in [1.29, 1.82) is 0 Å². The molecule has 1 aromatic heterocycles. The minimum Gasteiger partial charge on any atom is -0.337 e. The summed E-state index contributed by atoms with van der Waals surface area (Å²) in [7, 11) is 0. The molecule has 0 amide bonds. The molecule has 0 aromatic carbocycles. The van der Waals surface area contributed by atoms with E-state index in [1.807, 2.05) is 26.8 Å². The van der Waals surface area contributed by atoms with Gasteiger partial charge in [0.15, 0.2) is 5.76 Å². The molecule has 14 heavy (non-hydrogen) atoms. The number of nitrogens with zero attached hydrogens (tertiary/aromatic N) is 2. The lowest BCUT2D eigenvalue weighted by Crippen LogP contribution is -1.84. The molecule has 1 heterocycles. The van der Waals surface area contributed by atoms with Crippen molar-refractivity contribution >= 4 is 11.6 Å². The first-order valence-electron chi connectivity index (χ1n) is 4.97. The number of hydrogen-bond acceptors (Lipinski definition) is 3. The second-order valence-corrected chi connectivity index (χ2v) is 3.05. The zero-order chi connectivity index (χ0) is 10.6. The van der Waals surface area contributed by atoms with E-state index in [0.717, 1.165) is 17.0 Å². The molecule has 0 bridgehead atoms. The van der Waals surface area contributed by atoms with Crippen LogP contribution in [0.2, 0.25) is 0 Å². The second-order valence-electron chi connectivity index (χ2n) is 3.05. The Balaban J connectivity index is 0.000000461. The van der Waals surface area contributed by atoms with E-state index < -0.39 is 0 Å². The minimum absolute atomic E-state index is 0.439. The highest BCUT2D eigenvalue weighted by Crippen LogP contribution is 2.23. The average Bonchev–Trinajstić information content (AvgIpc) is 2.61. The maximum absolute atomic E-state index is 4.97. The minimum atomic E-state index is 0.439. The van der Waals surface area contributed by atoms with Crippen molar-refractivity contribution in [1.82, 2.24) is 10.4 Å². The van der Waals surface area contributed by atoms with Gasteiger partial charge in [-0.05, 0) is 24.5 Å². The molecule has 1 aliphatic carbocycles. The van der Waals surface area contributed by atoms with Crippen LogP contribution in [0.4, 0.5) is 0 Å². The SMILES string of the molecule is CC.CC1=CC(C)C=Cc2onnc21. The van der Waals surface area contributed by atoms with Crippen LogP contribution in [0.3, 0.4) is 0 Å². The molecule has 1 aliphatic rings. The largest absolute Gasteiger partial charge is 0.337 e. The zero-order valence-electron chi connectivity index (χ0n) is 9.11. The monoisotopic (exact) mass is 192 g/mol. The topological polar surface area (TPSA) is 38.9 Å². The molecular weight excluding hydrogens is 176 g/mol. The molecule has 0 saturated carbocycles. The standard InChI is InChI=1S/C9H10N2O.C2H6/c1-6-3-4-8-9(7(2)5-6)10-11-12-8;1-2/h3-6H,1-2H3;1-2H3. The lowest BCUT2D eigenvalue weighted by molar-refractivity contribution is 0.386. The van der Waals surface area contributed by atoms with E-state index >= 15 is 0 Å². The third-order valence-corrected chi connectivity index (χ3v) is 1.95. The molecule has 1 unspecified atom stereocenters. The van der Waals surface area contributed by atoms with Crippen LogP contribution in [0.25, 0.3) is 11.6 Å². The van der Waals surface area contributed by atoms with Crippen LogP contribution in [0, 0.1) is 5.92 Å². The van der Waals surface area contributed by atoms with Crippen LogP contribution in [0.5, 0.6) is 0 Å². The van der Waals surface area contributed by atoms with Crippen molar-refractivity contribution in [2.45, 2.75) is 27.7 Å². The lowest BCUT2D eigenvalue weighted by Gasteiger charge is -1.96. The van der Waals surface area contributed by atoms with Gasteiger partial charge in [0.1, 0.15) is 5.69 Å². The molecule has 1 atom stereocenters. The van der Waals surface area contributed by atoms with Gasteiger partial charge < -0.3 is 4.52 Å². The average molecular weight is 192 g/mol. The summed E-state index contributed by atoms with van der Waals surface area (Å²) in [5.41, 5.74) is 1.99.